The number of nitrogens with zero attached hydrogens (tertiary/aromatic N) is 1. The highest BCUT2D eigenvalue weighted by molar-refractivity contribution is 6.07. The molecule has 2 aromatic carbocycles. The van der Waals surface area contributed by atoms with Gasteiger partial charge in [0.15, 0.2) is 5.60 Å². The molecule has 188 valence electrons. The van der Waals surface area contributed by atoms with E-state index >= 15 is 4.39 Å². The molecule has 0 radical (unpaired) electrons. The zero-order chi connectivity index (χ0) is 25.5. The van der Waals surface area contributed by atoms with E-state index in [-0.39, 0.29) is 25.5 Å². The van der Waals surface area contributed by atoms with Gasteiger partial charge in [0.2, 0.25) is 0 Å². The van der Waals surface area contributed by atoms with E-state index < -0.39 is 41.2 Å². The van der Waals surface area contributed by atoms with Crippen molar-refractivity contribution in [2.75, 3.05) is 16.8 Å². The van der Waals surface area contributed by atoms with Crippen LogP contribution in [0.2, 0.25) is 0 Å². The summed E-state index contributed by atoms with van der Waals surface area (Å²) in [7, 11) is 0. The number of carbonyl (C=O) groups is 2. The number of amides is 2. The third kappa shape index (κ3) is 4.35. The number of hydrogen-bond donors (Lipinski definition) is 3. The van der Waals surface area contributed by atoms with Gasteiger partial charge in [0.25, 0.3) is 11.8 Å². The highest BCUT2D eigenvalue weighted by Crippen LogP contribution is 2.58. The predicted octanol–water partition coefficient (Wildman–Crippen LogP) is 3.53. The van der Waals surface area contributed by atoms with Crippen LogP contribution < -0.4 is 10.2 Å². The van der Waals surface area contributed by atoms with Crippen molar-refractivity contribution in [2.24, 2.45) is 11.8 Å². The zero-order valence-corrected chi connectivity index (χ0v) is 20.5. The van der Waals surface area contributed by atoms with Crippen molar-refractivity contribution < 1.29 is 28.9 Å². The Balaban J connectivity index is 1.66. The van der Waals surface area contributed by atoms with E-state index in [0.717, 1.165) is 11.3 Å². The van der Waals surface area contributed by atoms with E-state index in [4.69, 9.17) is 4.74 Å². The number of anilines is 2. The average Bonchev–Trinajstić information content (AvgIpc) is 3.22. The summed E-state index contributed by atoms with van der Waals surface area (Å²) in [6.07, 6.45) is -1.46. The SMILES string of the molecule is C[C@H](O)C(=O)Nc1ccc(CN2C(=O)[C@]3(O[C@H](CCO)[C@@H](C(C)(C)F)[C@@H]3C)c3ccccc32)cc1. The van der Waals surface area contributed by atoms with E-state index in [2.05, 4.69) is 5.32 Å². The van der Waals surface area contributed by atoms with Gasteiger partial charge < -0.3 is 25.2 Å². The van der Waals surface area contributed by atoms with Crippen molar-refractivity contribution in [1.82, 2.24) is 0 Å². The fourth-order valence-electron chi connectivity index (χ4n) is 5.68. The molecule has 0 aromatic heterocycles. The molecule has 4 rings (SSSR count). The monoisotopic (exact) mass is 484 g/mol. The number of aliphatic hydroxyl groups excluding tert-OH is 2. The number of carbonyl (C=O) groups excluding carboxylic acids is 2. The summed E-state index contributed by atoms with van der Waals surface area (Å²) < 4.78 is 21.8. The minimum absolute atomic E-state index is 0.155. The Morgan fingerprint density at radius 1 is 1.23 bits per heavy atom. The Kier molecular flexibility index (Phi) is 6.74. The number of aliphatic hydroxyl groups is 2. The topological polar surface area (TPSA) is 99.1 Å². The zero-order valence-electron chi connectivity index (χ0n) is 20.5. The number of nitrogens with one attached hydrogen (secondary N) is 1. The molecule has 2 amide bonds. The molecule has 2 aromatic rings. The van der Waals surface area contributed by atoms with Crippen molar-refractivity contribution in [3.05, 3.63) is 59.7 Å². The minimum Gasteiger partial charge on any atom is -0.396 e. The summed E-state index contributed by atoms with van der Waals surface area (Å²) >= 11 is 0. The Morgan fingerprint density at radius 2 is 1.89 bits per heavy atom. The summed E-state index contributed by atoms with van der Waals surface area (Å²) in [5.41, 5.74) is -0.117. The van der Waals surface area contributed by atoms with Crippen LogP contribution >= 0.6 is 0 Å². The van der Waals surface area contributed by atoms with Crippen molar-refractivity contribution in [3.63, 3.8) is 0 Å². The molecule has 1 saturated heterocycles. The molecule has 1 fully saturated rings. The lowest BCUT2D eigenvalue weighted by Crippen LogP contribution is -2.45. The number of benzene rings is 2. The Bertz CT molecular complexity index is 1100. The van der Waals surface area contributed by atoms with Crippen LogP contribution in [0.4, 0.5) is 15.8 Å². The van der Waals surface area contributed by atoms with Gasteiger partial charge in [-0.1, -0.05) is 37.3 Å². The lowest BCUT2D eigenvalue weighted by atomic mass is 9.71. The number of alkyl halides is 1. The normalized spacial score (nSPS) is 26.8. The van der Waals surface area contributed by atoms with Crippen molar-refractivity contribution in [1.29, 1.82) is 0 Å². The first-order valence-corrected chi connectivity index (χ1v) is 12.0. The first-order chi connectivity index (χ1) is 16.5. The standard InChI is InChI=1S/C27H33FN2O5/c1-16-23(26(3,4)28)22(13-14-31)35-27(16)20-7-5-6-8-21(20)30(25(27)34)15-18-9-11-19(12-10-18)29-24(33)17(2)32/h5-12,16-17,22-23,31-32H,13-15H2,1-4H3,(H,29,33)/t16-,17-,22+,23-,27+/m0/s1. The molecule has 8 heteroatoms. The third-order valence-corrected chi connectivity index (χ3v) is 7.22. The van der Waals surface area contributed by atoms with E-state index in [1.807, 2.05) is 31.2 Å². The molecule has 2 heterocycles. The second-order valence-electron chi connectivity index (χ2n) is 10.1. The Morgan fingerprint density at radius 3 is 2.49 bits per heavy atom. The van der Waals surface area contributed by atoms with Crippen molar-refractivity contribution in [3.8, 4) is 0 Å². The third-order valence-electron chi connectivity index (χ3n) is 7.22. The highest BCUT2D eigenvalue weighted by Gasteiger charge is 2.65. The van der Waals surface area contributed by atoms with Gasteiger partial charge in [-0.25, -0.2) is 4.39 Å². The molecule has 3 N–H and O–H groups in total. The Labute approximate surface area is 204 Å². The van der Waals surface area contributed by atoms with Crippen molar-refractivity contribution >= 4 is 23.2 Å². The lowest BCUT2D eigenvalue weighted by molar-refractivity contribution is -0.146. The molecular formula is C27H33FN2O5. The van der Waals surface area contributed by atoms with Gasteiger partial charge in [-0.15, -0.1) is 0 Å². The maximum atomic E-state index is 15.3. The van der Waals surface area contributed by atoms with E-state index in [1.165, 1.54) is 20.8 Å². The molecule has 0 bridgehead atoms. The number of halogens is 1. The van der Waals surface area contributed by atoms with Crippen LogP contribution in [0.25, 0.3) is 0 Å². The van der Waals surface area contributed by atoms with Crippen LogP contribution in [0.3, 0.4) is 0 Å². The van der Waals surface area contributed by atoms with E-state index in [1.54, 1.807) is 29.2 Å². The second kappa shape index (κ2) is 9.33. The molecule has 7 nitrogen and oxygen atoms in total. The number of fused-ring (bicyclic) bond motifs is 2. The lowest BCUT2D eigenvalue weighted by Gasteiger charge is -2.32. The first-order valence-electron chi connectivity index (χ1n) is 12.0. The summed E-state index contributed by atoms with van der Waals surface area (Å²) in [6.45, 7) is 6.37. The van der Waals surface area contributed by atoms with Gasteiger partial charge in [0.1, 0.15) is 11.8 Å². The molecule has 0 unspecified atom stereocenters. The van der Waals surface area contributed by atoms with Gasteiger partial charge in [-0.2, -0.15) is 0 Å². The number of hydrogen-bond acceptors (Lipinski definition) is 5. The molecule has 0 saturated carbocycles. The van der Waals surface area contributed by atoms with Gasteiger partial charge in [-0.3, -0.25) is 9.59 Å². The molecule has 35 heavy (non-hydrogen) atoms. The fourth-order valence-corrected chi connectivity index (χ4v) is 5.68. The van der Waals surface area contributed by atoms with Gasteiger partial charge in [0, 0.05) is 29.7 Å². The molecular weight excluding hydrogens is 451 g/mol. The number of para-hydroxylation sites is 1. The summed E-state index contributed by atoms with van der Waals surface area (Å²) in [4.78, 5) is 27.4. The Hall–Kier alpha value is -2.81. The van der Waals surface area contributed by atoms with Crippen LogP contribution in [0.1, 0.15) is 45.2 Å². The van der Waals surface area contributed by atoms with Crippen LogP contribution in [0, 0.1) is 11.8 Å². The van der Waals surface area contributed by atoms with Gasteiger partial charge in [-0.05, 0) is 51.0 Å². The van der Waals surface area contributed by atoms with Crippen molar-refractivity contribution in [2.45, 2.75) is 64.1 Å². The maximum Gasteiger partial charge on any atom is 0.264 e. The average molecular weight is 485 g/mol. The van der Waals surface area contributed by atoms with Crippen LogP contribution in [-0.4, -0.2) is 46.5 Å². The molecule has 2 aliphatic heterocycles. The highest BCUT2D eigenvalue weighted by atomic mass is 19.1. The number of ether oxygens (including phenoxy) is 1. The quantitative estimate of drug-likeness (QED) is 0.559. The maximum absolute atomic E-state index is 15.3. The smallest absolute Gasteiger partial charge is 0.264 e. The fraction of sp³-hybridized carbons (Fsp3) is 0.481. The summed E-state index contributed by atoms with van der Waals surface area (Å²) in [5.74, 6) is -1.76. The van der Waals surface area contributed by atoms with Crippen LogP contribution in [0.5, 0.6) is 0 Å². The van der Waals surface area contributed by atoms with E-state index in [0.29, 0.717) is 11.3 Å². The first kappa shape index (κ1) is 25.3. The van der Waals surface area contributed by atoms with E-state index in [9.17, 15) is 19.8 Å². The van der Waals surface area contributed by atoms with Gasteiger partial charge in [0.05, 0.1) is 18.3 Å². The summed E-state index contributed by atoms with van der Waals surface area (Å²) in [6, 6.07) is 14.5. The van der Waals surface area contributed by atoms with Crippen LogP contribution in [-0.2, 0) is 26.5 Å². The summed E-state index contributed by atoms with van der Waals surface area (Å²) in [5, 5.41) is 21.6. The van der Waals surface area contributed by atoms with Crippen LogP contribution in [0.15, 0.2) is 48.5 Å². The minimum atomic E-state index is -1.60. The number of rotatable bonds is 7. The van der Waals surface area contributed by atoms with Gasteiger partial charge >= 0.3 is 0 Å². The second-order valence-corrected chi connectivity index (χ2v) is 10.1. The molecule has 5 atom stereocenters. The largest absolute Gasteiger partial charge is 0.396 e. The molecule has 0 aliphatic carbocycles. The molecule has 1 spiro atoms. The molecule has 2 aliphatic rings. The predicted molar refractivity (Wildman–Crippen MR) is 130 cm³/mol.